The van der Waals surface area contributed by atoms with Gasteiger partial charge in [-0.05, 0) is 18.2 Å². The fourth-order valence-corrected chi connectivity index (χ4v) is 1.43. The molecule has 0 saturated heterocycles. The molecule has 0 fully saturated rings. The van der Waals surface area contributed by atoms with E-state index in [9.17, 15) is 4.79 Å². The monoisotopic (exact) mass is 198 g/mol. The van der Waals surface area contributed by atoms with Crippen molar-refractivity contribution in [2.45, 2.75) is 0 Å². The van der Waals surface area contributed by atoms with Crippen molar-refractivity contribution in [3.8, 4) is 12.3 Å². The summed E-state index contributed by atoms with van der Waals surface area (Å²) in [6.07, 6.45) is 1.80. The number of anilines is 2. The predicted octanol–water partition coefficient (Wildman–Crippen LogP) is 0.798. The van der Waals surface area contributed by atoms with Crippen LogP contribution in [0.15, 0.2) is 18.2 Å². The summed E-state index contributed by atoms with van der Waals surface area (Å²) in [5.41, 5.74) is 1.55. The Labute approximate surface area is 86.1 Å². The number of benzene rings is 1. The highest BCUT2D eigenvalue weighted by Crippen LogP contribution is 2.29. The van der Waals surface area contributed by atoms with Gasteiger partial charge in [-0.1, -0.05) is 0 Å². The number of carbonyl (C=O) groups is 1. The lowest BCUT2D eigenvalue weighted by molar-refractivity contribution is -0.116. The fraction of sp³-hybridized carbons (Fsp3) is 0.100. The van der Waals surface area contributed by atoms with Crippen LogP contribution >= 0.6 is 0 Å². The number of hydrogen-bond acceptors (Lipinski definition) is 4. The van der Waals surface area contributed by atoms with E-state index in [1.54, 1.807) is 18.3 Å². The number of nitrogens with zero attached hydrogens (tertiary/aromatic N) is 3. The molecule has 0 saturated carbocycles. The first-order valence-corrected chi connectivity index (χ1v) is 4.27. The molecule has 1 amide bonds. The lowest BCUT2D eigenvalue weighted by Crippen LogP contribution is -2.36. The predicted molar refractivity (Wildman–Crippen MR) is 52.7 cm³/mol. The van der Waals surface area contributed by atoms with Gasteiger partial charge in [-0.3, -0.25) is 4.79 Å². The van der Waals surface area contributed by atoms with Gasteiger partial charge in [0.25, 0.3) is 5.91 Å². The maximum absolute atomic E-state index is 11.3. The van der Waals surface area contributed by atoms with Gasteiger partial charge in [-0.2, -0.15) is 10.5 Å². The number of carbonyl (C=O) groups excluding carboxylic acids is 1. The topological polar surface area (TPSA) is 79.9 Å². The van der Waals surface area contributed by atoms with Crippen molar-refractivity contribution in [2.24, 2.45) is 0 Å². The van der Waals surface area contributed by atoms with Crippen LogP contribution in [0.2, 0.25) is 0 Å². The van der Waals surface area contributed by atoms with Crippen molar-refractivity contribution in [1.29, 1.82) is 10.5 Å². The molecule has 72 valence electrons. The molecule has 1 aliphatic rings. The Kier molecular flexibility index (Phi) is 2.00. The summed E-state index contributed by atoms with van der Waals surface area (Å²) in [5, 5.41) is 20.4. The normalized spacial score (nSPS) is 13.5. The van der Waals surface area contributed by atoms with Crippen molar-refractivity contribution in [3.63, 3.8) is 0 Å². The van der Waals surface area contributed by atoms with Crippen LogP contribution in [0, 0.1) is 22.8 Å². The minimum Gasteiger partial charge on any atom is -0.374 e. The van der Waals surface area contributed by atoms with Gasteiger partial charge in [0.15, 0.2) is 6.19 Å². The third-order valence-corrected chi connectivity index (χ3v) is 2.15. The van der Waals surface area contributed by atoms with Crippen LogP contribution in [-0.2, 0) is 4.79 Å². The number of amides is 1. The number of nitrogens with one attached hydrogen (secondary N) is 1. The number of hydrogen-bond donors (Lipinski definition) is 1. The van der Waals surface area contributed by atoms with Gasteiger partial charge in [-0.15, -0.1) is 0 Å². The summed E-state index contributed by atoms with van der Waals surface area (Å²) in [6.45, 7) is 0.104. The van der Waals surface area contributed by atoms with E-state index in [4.69, 9.17) is 10.5 Å². The summed E-state index contributed by atoms with van der Waals surface area (Å²) >= 11 is 0. The van der Waals surface area contributed by atoms with Crippen LogP contribution in [0.1, 0.15) is 5.56 Å². The van der Waals surface area contributed by atoms with Gasteiger partial charge in [0.2, 0.25) is 0 Å². The average Bonchev–Trinajstić information content (AvgIpc) is 2.28. The average molecular weight is 198 g/mol. The Bertz CT molecular complexity index is 509. The molecule has 1 heterocycles. The Morgan fingerprint density at radius 1 is 1.40 bits per heavy atom. The van der Waals surface area contributed by atoms with Crippen LogP contribution in [-0.4, -0.2) is 12.5 Å². The fourth-order valence-electron chi connectivity index (χ4n) is 1.43. The maximum atomic E-state index is 11.3. The van der Waals surface area contributed by atoms with Crippen LogP contribution in [0.25, 0.3) is 0 Å². The quantitative estimate of drug-likeness (QED) is 0.625. The molecule has 0 radical (unpaired) electrons. The summed E-state index contributed by atoms with van der Waals surface area (Å²) in [6, 6.07) is 6.80. The van der Waals surface area contributed by atoms with Gasteiger partial charge >= 0.3 is 0 Å². The summed E-state index contributed by atoms with van der Waals surface area (Å²) in [5.74, 6) is -0.319. The highest BCUT2D eigenvalue weighted by molar-refractivity contribution is 6.04. The molecule has 0 spiro atoms. The number of rotatable bonds is 0. The Morgan fingerprint density at radius 3 is 2.87 bits per heavy atom. The van der Waals surface area contributed by atoms with Gasteiger partial charge in [-0.25, -0.2) is 4.90 Å². The number of nitriles is 2. The van der Waals surface area contributed by atoms with E-state index in [1.807, 2.05) is 6.07 Å². The second kappa shape index (κ2) is 3.32. The van der Waals surface area contributed by atoms with Crippen molar-refractivity contribution in [3.05, 3.63) is 23.8 Å². The van der Waals surface area contributed by atoms with Crippen molar-refractivity contribution >= 4 is 17.3 Å². The maximum Gasteiger partial charge on any atom is 0.259 e. The molecule has 1 aliphatic heterocycles. The SMILES string of the molecule is N#Cc1ccc2c(c1)N(C#N)C(=O)CN2. The van der Waals surface area contributed by atoms with Gasteiger partial charge < -0.3 is 5.32 Å². The third kappa shape index (κ3) is 1.36. The summed E-state index contributed by atoms with van der Waals surface area (Å²) in [7, 11) is 0. The highest BCUT2D eigenvalue weighted by Gasteiger charge is 2.23. The van der Waals surface area contributed by atoms with Gasteiger partial charge in [0.05, 0.1) is 29.6 Å². The molecule has 0 atom stereocenters. The molecule has 0 aromatic heterocycles. The molecular formula is C10H6N4O. The standard InChI is InChI=1S/C10H6N4O/c11-4-7-1-2-8-9(3-7)14(6-12)10(15)5-13-8/h1-3,13H,5H2. The van der Waals surface area contributed by atoms with Gasteiger partial charge in [0.1, 0.15) is 0 Å². The van der Waals surface area contributed by atoms with Gasteiger partial charge in [0, 0.05) is 0 Å². The molecule has 5 nitrogen and oxygen atoms in total. The van der Waals surface area contributed by atoms with E-state index < -0.39 is 0 Å². The van der Waals surface area contributed by atoms with Crippen LogP contribution in [0.3, 0.4) is 0 Å². The van der Waals surface area contributed by atoms with Crippen LogP contribution < -0.4 is 10.2 Å². The number of fused-ring (bicyclic) bond motifs is 1. The smallest absolute Gasteiger partial charge is 0.259 e. The minimum atomic E-state index is -0.319. The van der Waals surface area contributed by atoms with E-state index in [-0.39, 0.29) is 12.5 Å². The molecule has 5 heteroatoms. The Hall–Kier alpha value is -2.53. The Morgan fingerprint density at radius 2 is 2.20 bits per heavy atom. The van der Waals surface area contributed by atoms with E-state index in [2.05, 4.69) is 5.32 Å². The zero-order valence-corrected chi connectivity index (χ0v) is 7.69. The van der Waals surface area contributed by atoms with E-state index in [0.29, 0.717) is 16.9 Å². The third-order valence-electron chi connectivity index (χ3n) is 2.15. The highest BCUT2D eigenvalue weighted by atomic mass is 16.2. The summed E-state index contributed by atoms with van der Waals surface area (Å²) < 4.78 is 0. The van der Waals surface area contributed by atoms with Crippen molar-refractivity contribution < 1.29 is 4.79 Å². The summed E-state index contributed by atoms with van der Waals surface area (Å²) in [4.78, 5) is 12.3. The molecule has 15 heavy (non-hydrogen) atoms. The molecular weight excluding hydrogens is 192 g/mol. The Balaban J connectivity index is 2.57. The molecule has 1 aromatic carbocycles. The van der Waals surface area contributed by atoms with Crippen molar-refractivity contribution in [1.82, 2.24) is 0 Å². The lowest BCUT2D eigenvalue weighted by Gasteiger charge is -2.23. The first-order valence-electron chi connectivity index (χ1n) is 4.27. The lowest BCUT2D eigenvalue weighted by atomic mass is 10.1. The molecule has 1 aromatic rings. The molecule has 2 rings (SSSR count). The van der Waals surface area contributed by atoms with E-state index in [0.717, 1.165) is 4.90 Å². The zero-order chi connectivity index (χ0) is 10.8. The minimum absolute atomic E-state index is 0.104. The molecule has 1 N–H and O–H groups in total. The van der Waals surface area contributed by atoms with E-state index in [1.165, 1.54) is 6.07 Å². The van der Waals surface area contributed by atoms with Crippen LogP contribution in [0.4, 0.5) is 11.4 Å². The first kappa shape index (κ1) is 9.04. The first-order chi connectivity index (χ1) is 7.26. The molecule has 0 aliphatic carbocycles. The second-order valence-electron chi connectivity index (χ2n) is 3.03. The largest absolute Gasteiger partial charge is 0.374 e. The molecule has 0 bridgehead atoms. The molecule has 0 unspecified atom stereocenters. The van der Waals surface area contributed by atoms with Crippen molar-refractivity contribution in [2.75, 3.05) is 16.8 Å². The van der Waals surface area contributed by atoms with E-state index >= 15 is 0 Å². The van der Waals surface area contributed by atoms with Crippen LogP contribution in [0.5, 0.6) is 0 Å². The zero-order valence-electron chi connectivity index (χ0n) is 7.69. The second-order valence-corrected chi connectivity index (χ2v) is 3.03.